The van der Waals surface area contributed by atoms with Crippen molar-refractivity contribution in [2.75, 3.05) is 71.1 Å². The standard InChI is InChI=1S/C43H51N11O9/c1-26-4-2-6-31(49-26)40(57)50-28-20-29(21-28)53-25-48-37-38(46-24-47-39(37)53)45-22-27-10-13-52(14-11-27)15-17-62-19-18-61-16-12-44-35(56)23-63-33-7-3-5-30-36(33)43(60)54(42(30)59)32-8-9-34(55)51-41(32)58/h2-7,24-25,27-29,32H,8-23H2,1H3,(H,44,56)(H,50,57)(H,45,46,47)(H,51,55,58)/t28?,29?,32-/m1/s1. The number of likely N-dealkylation sites (tertiary alicyclic amines) is 1. The van der Waals surface area contributed by atoms with Gasteiger partial charge in [0.05, 0.1) is 43.9 Å². The number of pyridine rings is 1. The van der Waals surface area contributed by atoms with Crippen LogP contribution in [0.2, 0.25) is 0 Å². The van der Waals surface area contributed by atoms with E-state index < -0.39 is 42.2 Å². The first-order valence-corrected chi connectivity index (χ1v) is 21.4. The maximum Gasteiger partial charge on any atom is 0.270 e. The van der Waals surface area contributed by atoms with Gasteiger partial charge in [-0.15, -0.1) is 0 Å². The number of nitrogens with one attached hydrogen (secondary N) is 4. The van der Waals surface area contributed by atoms with Crippen molar-refractivity contribution >= 4 is 52.4 Å². The Morgan fingerprint density at radius 3 is 2.49 bits per heavy atom. The van der Waals surface area contributed by atoms with E-state index in [1.807, 2.05) is 25.4 Å². The van der Waals surface area contributed by atoms with Crippen LogP contribution in [-0.4, -0.2) is 148 Å². The summed E-state index contributed by atoms with van der Waals surface area (Å²) >= 11 is 0. The molecule has 0 spiro atoms. The van der Waals surface area contributed by atoms with Crippen molar-refractivity contribution in [2.45, 2.75) is 63.6 Å². The third-order valence-corrected chi connectivity index (χ3v) is 11.9. The Morgan fingerprint density at radius 2 is 1.70 bits per heavy atom. The van der Waals surface area contributed by atoms with Crippen LogP contribution in [-0.2, 0) is 23.9 Å². The number of carbonyl (C=O) groups is 6. The molecule has 0 bridgehead atoms. The maximum absolute atomic E-state index is 13.2. The first kappa shape index (κ1) is 43.3. The highest BCUT2D eigenvalue weighted by Crippen LogP contribution is 2.36. The van der Waals surface area contributed by atoms with E-state index >= 15 is 0 Å². The third kappa shape index (κ3) is 10.1. The monoisotopic (exact) mass is 865 g/mol. The number of hydrogen-bond donors (Lipinski definition) is 4. The van der Waals surface area contributed by atoms with Crippen molar-refractivity contribution in [1.82, 2.24) is 50.3 Å². The molecule has 2 saturated heterocycles. The molecule has 20 heteroatoms. The fourth-order valence-corrected chi connectivity index (χ4v) is 8.34. The Hall–Kier alpha value is -6.38. The second-order valence-electron chi connectivity index (χ2n) is 16.2. The van der Waals surface area contributed by atoms with Crippen LogP contribution >= 0.6 is 0 Å². The maximum atomic E-state index is 13.2. The molecule has 8 rings (SSSR count). The highest BCUT2D eigenvalue weighted by Gasteiger charge is 2.46. The normalized spacial score (nSPS) is 20.3. The van der Waals surface area contributed by atoms with Gasteiger partial charge in [0.2, 0.25) is 11.8 Å². The van der Waals surface area contributed by atoms with Crippen molar-refractivity contribution in [3.05, 3.63) is 71.6 Å². The Kier molecular flexibility index (Phi) is 13.6. The van der Waals surface area contributed by atoms with Gasteiger partial charge in [0.25, 0.3) is 23.6 Å². The predicted octanol–water partition coefficient (Wildman–Crippen LogP) is 1.42. The van der Waals surface area contributed by atoms with Gasteiger partial charge in [-0.2, -0.15) is 0 Å². The summed E-state index contributed by atoms with van der Waals surface area (Å²) in [6.45, 7) is 6.93. The van der Waals surface area contributed by atoms with Gasteiger partial charge < -0.3 is 39.6 Å². The molecule has 3 aromatic heterocycles. The SMILES string of the molecule is Cc1cccc(C(=O)NC2CC(n3cnc4c(NCC5CCN(CCOCCOCCNC(=O)COc6cccc7c6C(=O)N([C@@H]6CCC(=O)NC6=O)C7=O)CC5)ncnc43)C2)n1. The van der Waals surface area contributed by atoms with E-state index in [2.05, 4.69) is 50.7 Å². The number of benzene rings is 1. The zero-order valence-electron chi connectivity index (χ0n) is 35.0. The molecule has 0 unspecified atom stereocenters. The summed E-state index contributed by atoms with van der Waals surface area (Å²) < 4.78 is 19.1. The molecule has 1 aromatic carbocycles. The number of aryl methyl sites for hydroxylation is 1. The van der Waals surface area contributed by atoms with Crippen LogP contribution in [0.1, 0.15) is 81.5 Å². The predicted molar refractivity (Wildman–Crippen MR) is 225 cm³/mol. The van der Waals surface area contributed by atoms with E-state index in [9.17, 15) is 28.8 Å². The van der Waals surface area contributed by atoms with Crippen LogP contribution in [0.25, 0.3) is 11.2 Å². The Bertz CT molecular complexity index is 2360. The fourth-order valence-electron chi connectivity index (χ4n) is 8.34. The molecule has 1 atom stereocenters. The summed E-state index contributed by atoms with van der Waals surface area (Å²) in [7, 11) is 0. The molecule has 1 saturated carbocycles. The van der Waals surface area contributed by atoms with Crippen LogP contribution in [0, 0.1) is 12.8 Å². The summed E-state index contributed by atoms with van der Waals surface area (Å²) in [5, 5.41) is 11.5. The Morgan fingerprint density at radius 1 is 0.905 bits per heavy atom. The van der Waals surface area contributed by atoms with Crippen molar-refractivity contribution in [3.8, 4) is 5.75 Å². The molecular weight excluding hydrogens is 815 g/mol. The average Bonchev–Trinajstić information content (AvgIpc) is 3.81. The minimum Gasteiger partial charge on any atom is -0.483 e. The molecular formula is C43H51N11O9. The van der Waals surface area contributed by atoms with E-state index in [0.29, 0.717) is 31.4 Å². The number of nitrogens with zero attached hydrogens (tertiary/aromatic N) is 7. The number of piperidine rings is 2. The van der Waals surface area contributed by atoms with Gasteiger partial charge in [0.1, 0.15) is 29.3 Å². The lowest BCUT2D eigenvalue weighted by atomic mass is 9.86. The van der Waals surface area contributed by atoms with Crippen LogP contribution < -0.4 is 26.0 Å². The Balaban J connectivity index is 0.659. The number of anilines is 1. The molecule has 6 amide bonds. The third-order valence-electron chi connectivity index (χ3n) is 11.9. The lowest BCUT2D eigenvalue weighted by molar-refractivity contribution is -0.136. The molecule has 63 heavy (non-hydrogen) atoms. The molecule has 0 radical (unpaired) electrons. The van der Waals surface area contributed by atoms with Crippen LogP contribution in [0.5, 0.6) is 5.75 Å². The van der Waals surface area contributed by atoms with Crippen molar-refractivity contribution in [3.63, 3.8) is 0 Å². The molecule has 4 N–H and O–H groups in total. The number of carbonyl (C=O) groups excluding carboxylic acids is 6. The number of aromatic nitrogens is 5. The number of fused-ring (bicyclic) bond motifs is 2. The Labute approximate surface area is 362 Å². The minimum absolute atomic E-state index is 0.0130. The lowest BCUT2D eigenvalue weighted by Crippen LogP contribution is -2.54. The number of ether oxygens (including phenoxy) is 3. The van der Waals surface area contributed by atoms with E-state index in [-0.39, 0.29) is 60.9 Å². The summed E-state index contributed by atoms with van der Waals surface area (Å²) in [6, 6.07) is 9.07. The smallest absolute Gasteiger partial charge is 0.270 e. The first-order chi connectivity index (χ1) is 30.6. The number of imide groups is 2. The van der Waals surface area contributed by atoms with Crippen LogP contribution in [0.3, 0.4) is 0 Å². The van der Waals surface area contributed by atoms with Gasteiger partial charge in [0, 0.05) is 43.8 Å². The topological polar surface area (TPSA) is 241 Å². The molecule has 3 fully saturated rings. The summed E-state index contributed by atoms with van der Waals surface area (Å²) in [6.07, 6.45) is 7.14. The summed E-state index contributed by atoms with van der Waals surface area (Å²) in [5.74, 6) is -1.83. The fraction of sp³-hybridized carbons (Fsp3) is 0.488. The van der Waals surface area contributed by atoms with Crippen LogP contribution in [0.15, 0.2) is 49.1 Å². The molecule has 4 aromatic rings. The summed E-state index contributed by atoms with van der Waals surface area (Å²) in [5.41, 5.74) is 2.82. The largest absolute Gasteiger partial charge is 0.483 e. The van der Waals surface area contributed by atoms with Crippen molar-refractivity contribution in [2.24, 2.45) is 5.92 Å². The molecule has 6 heterocycles. The van der Waals surface area contributed by atoms with Crippen LogP contribution in [0.4, 0.5) is 5.82 Å². The van der Waals surface area contributed by atoms with Gasteiger partial charge in [-0.05, 0) is 82.3 Å². The van der Waals surface area contributed by atoms with Crippen molar-refractivity contribution in [1.29, 1.82) is 0 Å². The molecule has 4 aliphatic rings. The number of amides is 6. The first-order valence-electron chi connectivity index (χ1n) is 21.4. The van der Waals surface area contributed by atoms with Gasteiger partial charge in [-0.1, -0.05) is 12.1 Å². The molecule has 332 valence electrons. The van der Waals surface area contributed by atoms with E-state index in [1.54, 1.807) is 12.4 Å². The highest BCUT2D eigenvalue weighted by atomic mass is 16.5. The quantitative estimate of drug-likeness (QED) is 0.0770. The molecule has 1 aliphatic carbocycles. The van der Waals surface area contributed by atoms with E-state index in [0.717, 1.165) is 79.4 Å². The zero-order chi connectivity index (χ0) is 43.9. The van der Waals surface area contributed by atoms with Crippen molar-refractivity contribution < 1.29 is 43.0 Å². The second kappa shape index (κ2) is 19.8. The van der Waals surface area contributed by atoms with E-state index in [4.69, 9.17) is 14.2 Å². The highest BCUT2D eigenvalue weighted by molar-refractivity contribution is 6.24. The molecule has 3 aliphatic heterocycles. The summed E-state index contributed by atoms with van der Waals surface area (Å²) in [4.78, 5) is 96.5. The number of imidazole rings is 1. The second-order valence-corrected chi connectivity index (χ2v) is 16.2. The zero-order valence-corrected chi connectivity index (χ0v) is 35.0. The average molecular weight is 866 g/mol. The lowest BCUT2D eigenvalue weighted by Gasteiger charge is -2.36. The number of rotatable bonds is 19. The number of hydrogen-bond acceptors (Lipinski definition) is 15. The van der Waals surface area contributed by atoms with E-state index in [1.165, 1.54) is 18.2 Å². The van der Waals surface area contributed by atoms with Gasteiger partial charge >= 0.3 is 0 Å². The van der Waals surface area contributed by atoms with Gasteiger partial charge in [-0.3, -0.25) is 39.0 Å². The van der Waals surface area contributed by atoms with Gasteiger partial charge in [-0.25, -0.2) is 19.9 Å². The molecule has 20 nitrogen and oxygen atoms in total. The minimum atomic E-state index is -1.10. The van der Waals surface area contributed by atoms with Gasteiger partial charge in [0.15, 0.2) is 18.1 Å².